The summed E-state index contributed by atoms with van der Waals surface area (Å²) in [6.45, 7) is 2.04. The van der Waals surface area contributed by atoms with Crippen LogP contribution in [0.25, 0.3) is 0 Å². The van der Waals surface area contributed by atoms with Crippen molar-refractivity contribution in [1.29, 1.82) is 0 Å². The van der Waals surface area contributed by atoms with E-state index in [0.717, 1.165) is 5.69 Å². The van der Waals surface area contributed by atoms with E-state index >= 15 is 0 Å². The van der Waals surface area contributed by atoms with Gasteiger partial charge in [0.05, 0.1) is 0 Å². The maximum atomic E-state index is 4.71. The Hall–Kier alpha value is 0.966. The minimum Gasteiger partial charge on any atom is -0.411 e. The van der Waals surface area contributed by atoms with Crippen LogP contribution in [0, 0.1) is 6.92 Å². The van der Waals surface area contributed by atoms with Gasteiger partial charge >= 0.3 is 51.4 Å². The van der Waals surface area contributed by atoms with E-state index in [9.17, 15) is 0 Å². The van der Waals surface area contributed by atoms with Crippen molar-refractivity contribution >= 4 is 34.9 Å². The fourth-order valence-electron chi connectivity index (χ4n) is 0.755. The predicted octanol–water partition coefficient (Wildman–Crippen LogP) is -0.757. The molecule has 1 aromatic rings. The standard InChI is InChI=1S/C8H9NS2.K/c1-6-2-4-7(5-3-6)9-8(10)11;/h2-5H,1H3,(H2,9,10,11);/q;+1/p-1. The summed E-state index contributed by atoms with van der Waals surface area (Å²) < 4.78 is 0.383. The van der Waals surface area contributed by atoms with Crippen molar-refractivity contribution in [3.63, 3.8) is 0 Å². The number of anilines is 1. The van der Waals surface area contributed by atoms with Gasteiger partial charge in [-0.3, -0.25) is 0 Å². The molecular formula is C8H8KNS2. The number of hydrogen-bond acceptors (Lipinski definition) is 2. The van der Waals surface area contributed by atoms with Gasteiger partial charge in [-0.2, -0.15) is 0 Å². The summed E-state index contributed by atoms with van der Waals surface area (Å²) in [4.78, 5) is 0. The van der Waals surface area contributed by atoms with Crippen molar-refractivity contribution in [1.82, 2.24) is 0 Å². The first kappa shape index (κ1) is 13.0. The Morgan fingerprint density at radius 1 is 1.33 bits per heavy atom. The zero-order valence-corrected chi connectivity index (χ0v) is 11.9. The van der Waals surface area contributed by atoms with E-state index < -0.39 is 0 Å². The van der Waals surface area contributed by atoms with E-state index in [4.69, 9.17) is 24.8 Å². The number of aryl methyl sites for hydroxylation is 1. The molecule has 0 aliphatic carbocycles. The fourth-order valence-corrected chi connectivity index (χ4v) is 0.990. The summed E-state index contributed by atoms with van der Waals surface area (Å²) in [7, 11) is 0. The molecule has 0 atom stereocenters. The number of hydrogen-bond donors (Lipinski definition) is 1. The zero-order chi connectivity index (χ0) is 8.27. The Bertz CT molecular complexity index is 258. The third-order valence-corrected chi connectivity index (χ3v) is 1.50. The summed E-state index contributed by atoms with van der Waals surface area (Å²) in [5, 5.41) is 2.88. The molecule has 0 aromatic heterocycles. The third kappa shape index (κ3) is 4.86. The van der Waals surface area contributed by atoms with Gasteiger partial charge in [0.15, 0.2) is 0 Å². The number of nitrogens with one attached hydrogen (secondary N) is 1. The molecule has 0 aliphatic heterocycles. The molecule has 0 unspecified atom stereocenters. The molecule has 0 fully saturated rings. The minimum atomic E-state index is 0. The van der Waals surface area contributed by atoms with Crippen molar-refractivity contribution in [3.8, 4) is 0 Å². The first-order valence-corrected chi connectivity index (χ1v) is 4.05. The molecule has 0 saturated carbocycles. The molecule has 0 heterocycles. The maximum absolute atomic E-state index is 4.71. The average molecular weight is 221 g/mol. The molecule has 0 amide bonds. The fraction of sp³-hybridized carbons (Fsp3) is 0.125. The topological polar surface area (TPSA) is 12.0 Å². The van der Waals surface area contributed by atoms with Gasteiger partial charge in [0.25, 0.3) is 0 Å². The van der Waals surface area contributed by atoms with Crippen LogP contribution in [0.4, 0.5) is 5.69 Å². The van der Waals surface area contributed by atoms with Gasteiger partial charge in [-0.25, -0.2) is 0 Å². The van der Waals surface area contributed by atoms with Crippen LogP contribution in [0.5, 0.6) is 0 Å². The Labute approximate surface area is 126 Å². The third-order valence-electron chi connectivity index (χ3n) is 1.30. The van der Waals surface area contributed by atoms with Crippen LogP contribution in [0.1, 0.15) is 5.56 Å². The van der Waals surface area contributed by atoms with Crippen LogP contribution in [-0.2, 0) is 12.6 Å². The van der Waals surface area contributed by atoms with Gasteiger partial charge in [0.1, 0.15) is 0 Å². The van der Waals surface area contributed by atoms with Crippen LogP contribution < -0.4 is 56.7 Å². The van der Waals surface area contributed by atoms with E-state index in [-0.39, 0.29) is 51.4 Å². The van der Waals surface area contributed by atoms with E-state index in [1.54, 1.807) is 0 Å². The summed E-state index contributed by atoms with van der Waals surface area (Å²) >= 11 is 9.43. The Morgan fingerprint density at radius 2 is 1.83 bits per heavy atom. The van der Waals surface area contributed by atoms with Crippen LogP contribution in [0.2, 0.25) is 0 Å². The van der Waals surface area contributed by atoms with Crippen molar-refractivity contribution in [2.45, 2.75) is 6.92 Å². The van der Waals surface area contributed by atoms with Crippen molar-refractivity contribution < 1.29 is 51.4 Å². The Balaban J connectivity index is 0.00000121. The SMILES string of the molecule is Cc1ccc(NC(=S)[S-])cc1.[K+]. The monoisotopic (exact) mass is 221 g/mol. The first-order valence-electron chi connectivity index (χ1n) is 3.23. The molecule has 1 N–H and O–H groups in total. The largest absolute Gasteiger partial charge is 1.00 e. The van der Waals surface area contributed by atoms with Crippen molar-refractivity contribution in [3.05, 3.63) is 29.8 Å². The summed E-state index contributed by atoms with van der Waals surface area (Å²) in [6.07, 6.45) is 0. The van der Waals surface area contributed by atoms with Gasteiger partial charge in [0, 0.05) is 5.69 Å². The molecule has 0 spiro atoms. The van der Waals surface area contributed by atoms with Crippen molar-refractivity contribution in [2.24, 2.45) is 0 Å². The molecule has 4 heteroatoms. The first-order chi connectivity index (χ1) is 5.18. The van der Waals surface area contributed by atoms with E-state index in [1.807, 2.05) is 31.2 Å². The Kier molecular flexibility index (Phi) is 6.94. The molecule has 0 saturated heterocycles. The zero-order valence-electron chi connectivity index (χ0n) is 7.13. The molecule has 12 heavy (non-hydrogen) atoms. The number of rotatable bonds is 1. The second kappa shape index (κ2) is 6.42. The molecule has 58 valence electrons. The molecule has 0 aliphatic rings. The molecule has 1 rings (SSSR count). The van der Waals surface area contributed by atoms with Gasteiger partial charge in [0.2, 0.25) is 0 Å². The van der Waals surface area contributed by atoms with Gasteiger partial charge in [-0.15, -0.1) is 0 Å². The molecule has 0 radical (unpaired) electrons. The van der Waals surface area contributed by atoms with Crippen LogP contribution >= 0.6 is 12.2 Å². The van der Waals surface area contributed by atoms with E-state index in [2.05, 4.69) is 5.32 Å². The summed E-state index contributed by atoms with van der Waals surface area (Å²) in [5.74, 6) is 0. The van der Waals surface area contributed by atoms with Gasteiger partial charge in [-0.1, -0.05) is 22.0 Å². The second-order valence-corrected chi connectivity index (χ2v) is 3.35. The summed E-state index contributed by atoms with van der Waals surface area (Å²) in [6, 6.07) is 7.92. The van der Waals surface area contributed by atoms with E-state index in [1.165, 1.54) is 5.56 Å². The van der Waals surface area contributed by atoms with Crippen molar-refractivity contribution in [2.75, 3.05) is 5.32 Å². The Morgan fingerprint density at radius 3 is 2.25 bits per heavy atom. The molecular weight excluding hydrogens is 213 g/mol. The normalized spacial score (nSPS) is 8.42. The quantitative estimate of drug-likeness (QED) is 0.380. The second-order valence-electron chi connectivity index (χ2n) is 2.28. The van der Waals surface area contributed by atoms with Gasteiger partial charge < -0.3 is 30.2 Å². The van der Waals surface area contributed by atoms with Crippen LogP contribution in [-0.4, -0.2) is 4.32 Å². The van der Waals surface area contributed by atoms with Crippen LogP contribution in [0.3, 0.4) is 0 Å². The van der Waals surface area contributed by atoms with E-state index in [0.29, 0.717) is 4.32 Å². The smallest absolute Gasteiger partial charge is 0.411 e. The maximum Gasteiger partial charge on any atom is 1.00 e. The molecule has 0 bridgehead atoms. The molecule has 1 nitrogen and oxygen atoms in total. The average Bonchev–Trinajstić information content (AvgIpc) is 1.93. The minimum absolute atomic E-state index is 0. The van der Waals surface area contributed by atoms with Crippen LogP contribution in [0.15, 0.2) is 24.3 Å². The molecule has 1 aromatic carbocycles. The number of thiocarbonyl (C=S) groups is 1. The summed E-state index contributed by atoms with van der Waals surface area (Å²) in [5.41, 5.74) is 2.18. The predicted molar refractivity (Wildman–Crippen MR) is 54.8 cm³/mol. The number of benzene rings is 1. The van der Waals surface area contributed by atoms with Gasteiger partial charge in [-0.05, 0) is 19.1 Å².